The van der Waals surface area contributed by atoms with Crippen LogP contribution in [0.4, 0.5) is 13.2 Å². The number of hydrogen-bond donors (Lipinski definition) is 3. The van der Waals surface area contributed by atoms with Crippen LogP contribution in [0.2, 0.25) is 0 Å². The minimum absolute atomic E-state index is 0.0221. The van der Waals surface area contributed by atoms with E-state index in [-0.39, 0.29) is 22.8 Å². The Morgan fingerprint density at radius 1 is 1.10 bits per heavy atom. The van der Waals surface area contributed by atoms with E-state index < -0.39 is 30.4 Å². The summed E-state index contributed by atoms with van der Waals surface area (Å²) in [6.07, 6.45) is -6.14. The summed E-state index contributed by atoms with van der Waals surface area (Å²) in [5, 5.41) is 19.1. The number of ether oxygens (including phenoxy) is 1. The van der Waals surface area contributed by atoms with E-state index in [0.29, 0.717) is 11.3 Å². The van der Waals surface area contributed by atoms with Gasteiger partial charge in [0.15, 0.2) is 0 Å². The molecule has 3 aromatic rings. The molecule has 4 N–H and O–H groups in total. The van der Waals surface area contributed by atoms with E-state index in [0.717, 1.165) is 18.2 Å². The summed E-state index contributed by atoms with van der Waals surface area (Å²) in [5.74, 6) is -0.392. The van der Waals surface area contributed by atoms with Gasteiger partial charge >= 0.3 is 6.18 Å². The van der Waals surface area contributed by atoms with Crippen LogP contribution in [0.3, 0.4) is 0 Å². The predicted octanol–water partition coefficient (Wildman–Crippen LogP) is 3.68. The Morgan fingerprint density at radius 3 is 2.40 bits per heavy atom. The van der Waals surface area contributed by atoms with E-state index >= 15 is 0 Å². The second kappa shape index (κ2) is 8.52. The average molecular weight is 418 g/mol. The molecule has 0 fully saturated rings. The first-order valence-electron chi connectivity index (χ1n) is 8.74. The number of benzene rings is 2. The van der Waals surface area contributed by atoms with Gasteiger partial charge in [0.1, 0.15) is 23.3 Å². The van der Waals surface area contributed by atoms with E-state index in [1.807, 2.05) is 0 Å². The van der Waals surface area contributed by atoms with Crippen LogP contribution in [0.15, 0.2) is 60.7 Å². The molecular formula is C21H17F3N2O4. The van der Waals surface area contributed by atoms with Crippen LogP contribution in [-0.2, 0) is 6.18 Å². The van der Waals surface area contributed by atoms with Gasteiger partial charge in [-0.25, -0.2) is 4.98 Å². The van der Waals surface area contributed by atoms with Gasteiger partial charge in [0.05, 0.1) is 17.9 Å². The molecule has 156 valence electrons. The van der Waals surface area contributed by atoms with Crippen molar-refractivity contribution in [1.82, 2.24) is 4.98 Å². The highest BCUT2D eigenvalue weighted by molar-refractivity contribution is 5.91. The summed E-state index contributed by atoms with van der Waals surface area (Å²) < 4.78 is 44.5. The number of rotatable bonds is 6. The number of nitrogens with two attached hydrogens (primary N) is 1. The third-order valence-electron chi connectivity index (χ3n) is 4.25. The molecule has 0 radical (unpaired) electrons. The van der Waals surface area contributed by atoms with Crippen LogP contribution >= 0.6 is 0 Å². The lowest BCUT2D eigenvalue weighted by molar-refractivity contribution is -0.137. The van der Waals surface area contributed by atoms with Crippen molar-refractivity contribution < 1.29 is 32.9 Å². The maximum Gasteiger partial charge on any atom is 0.416 e. The van der Waals surface area contributed by atoms with Gasteiger partial charge in [-0.3, -0.25) is 4.79 Å². The average Bonchev–Trinajstić information content (AvgIpc) is 2.73. The molecule has 1 amide bonds. The lowest BCUT2D eigenvalue weighted by Gasteiger charge is -2.17. The molecular weight excluding hydrogens is 401 g/mol. The number of aliphatic hydroxyl groups is 2. The number of pyridine rings is 1. The molecule has 0 aliphatic carbocycles. The molecule has 1 atom stereocenters. The van der Waals surface area contributed by atoms with E-state index in [1.54, 1.807) is 36.4 Å². The first kappa shape index (κ1) is 21.3. The molecule has 0 bridgehead atoms. The Bertz CT molecular complexity index is 1050. The molecule has 6 nitrogen and oxygen atoms in total. The number of amides is 1. The van der Waals surface area contributed by atoms with Crippen LogP contribution < -0.4 is 10.5 Å². The van der Waals surface area contributed by atoms with Gasteiger partial charge in [-0.2, -0.15) is 13.2 Å². The lowest BCUT2D eigenvalue weighted by Crippen LogP contribution is -2.12. The van der Waals surface area contributed by atoms with Crippen molar-refractivity contribution in [3.8, 4) is 22.8 Å². The number of halogens is 3. The minimum atomic E-state index is -4.60. The van der Waals surface area contributed by atoms with E-state index in [4.69, 9.17) is 15.6 Å². The van der Waals surface area contributed by atoms with Crippen molar-refractivity contribution in [1.29, 1.82) is 0 Å². The van der Waals surface area contributed by atoms with Crippen LogP contribution in [0.5, 0.6) is 11.5 Å². The van der Waals surface area contributed by atoms with Gasteiger partial charge in [-0.15, -0.1) is 0 Å². The zero-order valence-electron chi connectivity index (χ0n) is 15.4. The van der Waals surface area contributed by atoms with Gasteiger partial charge in [0.2, 0.25) is 0 Å². The SMILES string of the molecule is NC(=O)c1cccc(-c2ccc(Oc3ccc(C(F)(F)F)cc3[C@@H](O)CO)cc2)n1. The van der Waals surface area contributed by atoms with E-state index in [9.17, 15) is 23.1 Å². The zero-order valence-corrected chi connectivity index (χ0v) is 15.4. The van der Waals surface area contributed by atoms with Crippen molar-refractivity contribution in [2.24, 2.45) is 5.73 Å². The fraction of sp³-hybridized carbons (Fsp3) is 0.143. The highest BCUT2D eigenvalue weighted by Crippen LogP contribution is 2.36. The Morgan fingerprint density at radius 2 is 1.80 bits per heavy atom. The highest BCUT2D eigenvalue weighted by atomic mass is 19.4. The molecule has 0 saturated carbocycles. The number of aromatic nitrogens is 1. The number of aliphatic hydroxyl groups excluding tert-OH is 2. The summed E-state index contributed by atoms with van der Waals surface area (Å²) in [4.78, 5) is 15.4. The summed E-state index contributed by atoms with van der Waals surface area (Å²) in [6.45, 7) is -0.765. The molecule has 1 aromatic heterocycles. The molecule has 0 saturated heterocycles. The predicted molar refractivity (Wildman–Crippen MR) is 102 cm³/mol. The van der Waals surface area contributed by atoms with Gasteiger partial charge in [0.25, 0.3) is 5.91 Å². The smallest absolute Gasteiger partial charge is 0.416 e. The number of nitrogens with zero attached hydrogens (tertiary/aromatic N) is 1. The second-order valence-electron chi connectivity index (χ2n) is 6.35. The molecule has 30 heavy (non-hydrogen) atoms. The Hall–Kier alpha value is -3.43. The molecule has 3 rings (SSSR count). The van der Waals surface area contributed by atoms with Crippen LogP contribution in [0, 0.1) is 0 Å². The van der Waals surface area contributed by atoms with Crippen molar-refractivity contribution in [3.63, 3.8) is 0 Å². The normalized spacial score (nSPS) is 12.4. The zero-order chi connectivity index (χ0) is 21.9. The van der Waals surface area contributed by atoms with E-state index in [1.165, 1.54) is 6.07 Å². The Labute approximate surface area is 169 Å². The maximum atomic E-state index is 13.0. The number of alkyl halides is 3. The summed E-state index contributed by atoms with van der Waals surface area (Å²) in [6, 6.07) is 13.9. The Balaban J connectivity index is 1.88. The molecule has 0 aliphatic rings. The van der Waals surface area contributed by atoms with Crippen LogP contribution in [-0.4, -0.2) is 27.7 Å². The second-order valence-corrected chi connectivity index (χ2v) is 6.35. The van der Waals surface area contributed by atoms with Crippen molar-refractivity contribution in [2.45, 2.75) is 12.3 Å². The number of hydrogen-bond acceptors (Lipinski definition) is 5. The third-order valence-corrected chi connectivity index (χ3v) is 4.25. The molecule has 0 unspecified atom stereocenters. The first-order valence-corrected chi connectivity index (χ1v) is 8.74. The topological polar surface area (TPSA) is 106 Å². The number of primary amides is 1. The number of carbonyl (C=O) groups is 1. The van der Waals surface area contributed by atoms with Crippen molar-refractivity contribution >= 4 is 5.91 Å². The molecule has 1 heterocycles. The Kier molecular flexibility index (Phi) is 6.04. The summed E-state index contributed by atoms with van der Waals surface area (Å²) in [7, 11) is 0. The van der Waals surface area contributed by atoms with Gasteiger partial charge in [-0.1, -0.05) is 6.07 Å². The molecule has 2 aromatic carbocycles. The van der Waals surface area contributed by atoms with Crippen molar-refractivity contribution in [3.05, 3.63) is 77.5 Å². The van der Waals surface area contributed by atoms with Crippen LogP contribution in [0.1, 0.15) is 27.7 Å². The monoisotopic (exact) mass is 418 g/mol. The maximum absolute atomic E-state index is 13.0. The van der Waals surface area contributed by atoms with E-state index in [2.05, 4.69) is 4.98 Å². The fourth-order valence-electron chi connectivity index (χ4n) is 2.73. The quantitative estimate of drug-likeness (QED) is 0.566. The van der Waals surface area contributed by atoms with Crippen LogP contribution in [0.25, 0.3) is 11.3 Å². The molecule has 0 aliphatic heterocycles. The van der Waals surface area contributed by atoms with Gasteiger partial charge in [-0.05, 0) is 54.6 Å². The van der Waals surface area contributed by atoms with Crippen molar-refractivity contribution in [2.75, 3.05) is 6.61 Å². The lowest BCUT2D eigenvalue weighted by atomic mass is 10.0. The standard InChI is InChI=1S/C21H17F3N2O4/c22-21(23,24)13-6-9-19(15(10-13)18(28)11-27)30-14-7-4-12(5-8-14)16-2-1-3-17(26-16)20(25)29/h1-10,18,27-28H,11H2,(H2,25,29)/t18-/m0/s1. The summed E-state index contributed by atoms with van der Waals surface area (Å²) in [5.41, 5.74) is 5.35. The molecule has 9 heteroatoms. The largest absolute Gasteiger partial charge is 0.457 e. The highest BCUT2D eigenvalue weighted by Gasteiger charge is 2.32. The fourth-order valence-corrected chi connectivity index (χ4v) is 2.73. The molecule has 0 spiro atoms. The third kappa shape index (κ3) is 4.76. The van der Waals surface area contributed by atoms with Gasteiger partial charge < -0.3 is 20.7 Å². The first-order chi connectivity index (χ1) is 14.2. The number of carbonyl (C=O) groups excluding carboxylic acids is 1. The minimum Gasteiger partial charge on any atom is -0.457 e. The van der Waals surface area contributed by atoms with Gasteiger partial charge in [0, 0.05) is 11.1 Å². The summed E-state index contributed by atoms with van der Waals surface area (Å²) >= 11 is 0.